The van der Waals surface area contributed by atoms with Crippen LogP contribution in [0.4, 0.5) is 0 Å². The molecule has 2 N–H and O–H groups in total. The van der Waals surface area contributed by atoms with Gasteiger partial charge >= 0.3 is 11.9 Å². The molecule has 0 aliphatic carbocycles. The Morgan fingerprint density at radius 1 is 0.744 bits per heavy atom. The number of carboxylic acids is 1. The third-order valence-corrected chi connectivity index (χ3v) is 6.70. The summed E-state index contributed by atoms with van der Waals surface area (Å²) in [6.07, 6.45) is 22.2. The van der Waals surface area contributed by atoms with Crippen LogP contribution < -0.4 is 5.32 Å². The van der Waals surface area contributed by atoms with Gasteiger partial charge in [0, 0.05) is 26.5 Å². The van der Waals surface area contributed by atoms with E-state index < -0.39 is 5.97 Å². The third kappa shape index (κ3) is 28.9. The zero-order chi connectivity index (χ0) is 28.8. The molecule has 0 aromatic carbocycles. The highest BCUT2D eigenvalue weighted by Gasteiger charge is 2.07. The Morgan fingerprint density at radius 3 is 1.97 bits per heavy atom. The van der Waals surface area contributed by atoms with Crippen LogP contribution >= 0.6 is 0 Å². The highest BCUT2D eigenvalue weighted by Crippen LogP contribution is 2.10. The Bertz CT molecular complexity index is 626. The van der Waals surface area contributed by atoms with Gasteiger partial charge in [-0.05, 0) is 64.6 Å². The number of aliphatic carboxylic acids is 1. The Balaban J connectivity index is 3.97. The topological polar surface area (TPSA) is 105 Å². The average Bonchev–Trinajstić information content (AvgIpc) is 2.90. The Morgan fingerprint density at radius 2 is 1.33 bits per heavy atom. The van der Waals surface area contributed by atoms with Crippen molar-refractivity contribution in [3.8, 4) is 0 Å². The Kier molecular flexibility index (Phi) is 27.6. The minimum Gasteiger partial charge on any atom is -0.481 e. The first-order chi connectivity index (χ1) is 19.0. The number of nitrogens with zero attached hydrogens (tertiary/aromatic N) is 1. The SMILES string of the molecule is CCCCCC/C=C\COC(=O)CCCCCCCN(CCCCCCCC(=O)O)CCCNC(=O)COC. The second kappa shape index (κ2) is 29.1. The normalized spacial score (nSPS) is 11.4. The maximum atomic E-state index is 11.9. The number of unbranched alkanes of at least 4 members (excludes halogenated alkanes) is 12. The molecule has 0 unspecified atom stereocenters. The van der Waals surface area contributed by atoms with E-state index in [2.05, 4.69) is 23.2 Å². The maximum absolute atomic E-state index is 11.9. The van der Waals surface area contributed by atoms with Gasteiger partial charge in [0.05, 0.1) is 0 Å². The van der Waals surface area contributed by atoms with Crippen LogP contribution in [0.3, 0.4) is 0 Å². The molecule has 0 bridgehead atoms. The fraction of sp³-hybridized carbons (Fsp3) is 0.839. The number of esters is 1. The third-order valence-electron chi connectivity index (χ3n) is 6.70. The lowest BCUT2D eigenvalue weighted by Gasteiger charge is -2.22. The Hall–Kier alpha value is -1.93. The van der Waals surface area contributed by atoms with E-state index in [1.807, 2.05) is 6.08 Å². The minimum atomic E-state index is -0.713. The van der Waals surface area contributed by atoms with Gasteiger partial charge in [-0.2, -0.15) is 0 Å². The van der Waals surface area contributed by atoms with Crippen molar-refractivity contribution in [2.45, 2.75) is 122 Å². The molecule has 1 amide bonds. The summed E-state index contributed by atoms with van der Waals surface area (Å²) in [6.45, 7) is 6.37. The van der Waals surface area contributed by atoms with Crippen molar-refractivity contribution < 1.29 is 29.0 Å². The fourth-order valence-electron chi connectivity index (χ4n) is 4.41. The number of methoxy groups -OCH3 is 1. The molecule has 0 rings (SSSR count). The first-order valence-corrected chi connectivity index (χ1v) is 15.5. The highest BCUT2D eigenvalue weighted by atomic mass is 16.5. The number of hydrogen-bond donors (Lipinski definition) is 2. The van der Waals surface area contributed by atoms with E-state index >= 15 is 0 Å². The van der Waals surface area contributed by atoms with Gasteiger partial charge in [-0.25, -0.2) is 0 Å². The van der Waals surface area contributed by atoms with Crippen molar-refractivity contribution in [3.05, 3.63) is 12.2 Å². The van der Waals surface area contributed by atoms with Crippen LogP contribution in [-0.2, 0) is 23.9 Å². The quantitative estimate of drug-likeness (QED) is 0.0637. The molecule has 0 aliphatic rings. The number of carboxylic acid groups (broad SMARTS) is 1. The number of ether oxygens (including phenoxy) is 2. The summed E-state index contributed by atoms with van der Waals surface area (Å²) in [6, 6.07) is 0. The summed E-state index contributed by atoms with van der Waals surface area (Å²) in [5, 5.41) is 11.6. The van der Waals surface area contributed by atoms with Crippen molar-refractivity contribution in [2.75, 3.05) is 46.5 Å². The van der Waals surface area contributed by atoms with Gasteiger partial charge in [0.15, 0.2) is 0 Å². The second-order valence-electron chi connectivity index (χ2n) is 10.4. The number of rotatable bonds is 29. The molecule has 0 saturated heterocycles. The molecule has 0 heterocycles. The number of amides is 1. The van der Waals surface area contributed by atoms with Crippen LogP contribution in [0.5, 0.6) is 0 Å². The van der Waals surface area contributed by atoms with Crippen molar-refractivity contribution >= 4 is 17.8 Å². The summed E-state index contributed by atoms with van der Waals surface area (Å²) < 4.78 is 10.1. The van der Waals surface area contributed by atoms with Crippen LogP contribution in [0.2, 0.25) is 0 Å². The summed E-state index contributed by atoms with van der Waals surface area (Å²) in [5.41, 5.74) is 0. The first kappa shape index (κ1) is 37.1. The molecule has 39 heavy (non-hydrogen) atoms. The molecule has 0 fully saturated rings. The number of carbonyl (C=O) groups is 3. The molecule has 0 atom stereocenters. The van der Waals surface area contributed by atoms with E-state index in [-0.39, 0.29) is 24.9 Å². The van der Waals surface area contributed by atoms with Gasteiger partial charge in [-0.15, -0.1) is 0 Å². The predicted octanol–water partition coefficient (Wildman–Crippen LogP) is 6.28. The fourth-order valence-corrected chi connectivity index (χ4v) is 4.41. The summed E-state index contributed by atoms with van der Waals surface area (Å²) in [5.74, 6) is -0.893. The van der Waals surface area contributed by atoms with Gasteiger partial charge in [0.2, 0.25) is 5.91 Å². The van der Waals surface area contributed by atoms with E-state index in [0.717, 1.165) is 96.7 Å². The predicted molar refractivity (Wildman–Crippen MR) is 158 cm³/mol. The van der Waals surface area contributed by atoms with Crippen molar-refractivity contribution in [2.24, 2.45) is 0 Å². The number of carbonyl (C=O) groups excluding carboxylic acids is 2. The van der Waals surface area contributed by atoms with Crippen LogP contribution in [0.15, 0.2) is 12.2 Å². The number of allylic oxidation sites excluding steroid dienone is 1. The molecule has 0 aliphatic heterocycles. The Labute approximate surface area is 238 Å². The molecule has 0 radical (unpaired) electrons. The molecular weight excluding hydrogens is 496 g/mol. The molecule has 8 nitrogen and oxygen atoms in total. The monoisotopic (exact) mass is 554 g/mol. The van der Waals surface area contributed by atoms with Gasteiger partial charge in [-0.1, -0.05) is 76.9 Å². The van der Waals surface area contributed by atoms with Crippen molar-refractivity contribution in [3.63, 3.8) is 0 Å². The lowest BCUT2D eigenvalue weighted by Crippen LogP contribution is -2.32. The van der Waals surface area contributed by atoms with Crippen molar-refractivity contribution in [1.82, 2.24) is 10.2 Å². The van der Waals surface area contributed by atoms with Crippen LogP contribution in [0.25, 0.3) is 0 Å². The van der Waals surface area contributed by atoms with E-state index in [0.29, 0.717) is 19.6 Å². The van der Waals surface area contributed by atoms with E-state index in [1.54, 1.807) is 0 Å². The number of nitrogens with one attached hydrogen (secondary N) is 1. The molecule has 0 saturated carbocycles. The van der Waals surface area contributed by atoms with Crippen LogP contribution in [0.1, 0.15) is 122 Å². The molecular formula is C31H58N2O6. The van der Waals surface area contributed by atoms with E-state index in [1.165, 1.54) is 32.8 Å². The zero-order valence-electron chi connectivity index (χ0n) is 25.1. The number of hydrogen-bond acceptors (Lipinski definition) is 6. The average molecular weight is 555 g/mol. The smallest absolute Gasteiger partial charge is 0.306 e. The van der Waals surface area contributed by atoms with E-state index in [9.17, 15) is 14.4 Å². The summed E-state index contributed by atoms with van der Waals surface area (Å²) >= 11 is 0. The highest BCUT2D eigenvalue weighted by molar-refractivity contribution is 5.77. The minimum absolute atomic E-state index is 0.0800. The zero-order valence-corrected chi connectivity index (χ0v) is 25.1. The maximum Gasteiger partial charge on any atom is 0.306 e. The van der Waals surface area contributed by atoms with Gasteiger partial charge in [0.25, 0.3) is 0 Å². The second-order valence-corrected chi connectivity index (χ2v) is 10.4. The molecule has 0 aromatic heterocycles. The van der Waals surface area contributed by atoms with Crippen LogP contribution in [0, 0.1) is 0 Å². The molecule has 228 valence electrons. The molecule has 0 spiro atoms. The van der Waals surface area contributed by atoms with Gasteiger partial charge in [0.1, 0.15) is 13.2 Å². The first-order valence-electron chi connectivity index (χ1n) is 15.5. The van der Waals surface area contributed by atoms with Crippen LogP contribution in [-0.4, -0.2) is 74.4 Å². The summed E-state index contributed by atoms with van der Waals surface area (Å²) in [7, 11) is 1.52. The van der Waals surface area contributed by atoms with Gasteiger partial charge in [-0.3, -0.25) is 14.4 Å². The summed E-state index contributed by atoms with van der Waals surface area (Å²) in [4.78, 5) is 36.6. The largest absolute Gasteiger partial charge is 0.481 e. The van der Waals surface area contributed by atoms with Crippen molar-refractivity contribution in [1.29, 1.82) is 0 Å². The standard InChI is InChI=1S/C31H58N2O6/c1-3-4-5-6-7-14-19-27-39-31(37)22-16-11-9-13-18-25-33(26-20-23-32-29(34)28-38-2)24-17-12-8-10-15-21-30(35)36/h14,19H,3-13,15-18,20-28H2,1-2H3,(H,32,34)(H,35,36)/b19-14-. The lowest BCUT2D eigenvalue weighted by atomic mass is 10.1. The molecule has 8 heteroatoms. The molecule has 0 aromatic rings. The lowest BCUT2D eigenvalue weighted by molar-refractivity contribution is -0.142. The van der Waals surface area contributed by atoms with Gasteiger partial charge < -0.3 is 24.8 Å². The van der Waals surface area contributed by atoms with E-state index in [4.69, 9.17) is 14.6 Å².